The fourth-order valence-electron chi connectivity index (χ4n) is 3.82. The predicted octanol–water partition coefficient (Wildman–Crippen LogP) is 3.63. The number of fused-ring (bicyclic) bond motifs is 1. The van der Waals surface area contributed by atoms with E-state index in [1.807, 2.05) is 92.2 Å². The number of para-hydroxylation sites is 1. The number of carbonyl (C=O) groups is 2. The van der Waals surface area contributed by atoms with Gasteiger partial charge in [0.2, 0.25) is 18.3 Å². The van der Waals surface area contributed by atoms with Crippen LogP contribution in [0.25, 0.3) is 0 Å². The van der Waals surface area contributed by atoms with Crippen LogP contribution in [0.1, 0.15) is 28.4 Å². The van der Waals surface area contributed by atoms with Crippen LogP contribution in [0.15, 0.2) is 66.9 Å². The molecule has 1 unspecified atom stereocenters. The molecule has 5 heteroatoms. The van der Waals surface area contributed by atoms with Gasteiger partial charge in [-0.05, 0) is 49.6 Å². The summed E-state index contributed by atoms with van der Waals surface area (Å²) in [4.78, 5) is 28.3. The Morgan fingerprint density at radius 1 is 0.966 bits per heavy atom. The second kappa shape index (κ2) is 7.51. The van der Waals surface area contributed by atoms with E-state index in [9.17, 15) is 9.59 Å². The number of rotatable bonds is 3. The molecule has 0 aliphatic carbocycles. The van der Waals surface area contributed by atoms with E-state index in [-0.39, 0.29) is 18.4 Å². The lowest BCUT2D eigenvalue weighted by Gasteiger charge is -2.33. The van der Waals surface area contributed by atoms with Gasteiger partial charge in [0.25, 0.3) is 11.8 Å². The second-order valence-electron chi connectivity index (χ2n) is 7.44. The number of hydrogen-bond donors (Lipinski definition) is 1. The number of hydrogen-bond acceptors (Lipinski definition) is 2. The molecule has 29 heavy (non-hydrogen) atoms. The number of nitrogens with one attached hydrogen (secondary N) is 1. The standard InChI is InChI=1S/C24H23N3O2/c1-16-10-8-13-20(18(16)3)27-22(28)15-26-14-7-6-12-21(26)23(27)24(29)25-19-11-5-4-9-17(19)2/h4-14,23H,15H2,1-3H3/p+1. The van der Waals surface area contributed by atoms with Crippen molar-refractivity contribution in [2.75, 3.05) is 10.2 Å². The molecule has 0 spiro atoms. The van der Waals surface area contributed by atoms with Gasteiger partial charge in [-0.2, -0.15) is 4.57 Å². The number of benzene rings is 2. The van der Waals surface area contributed by atoms with E-state index in [1.54, 1.807) is 4.90 Å². The molecule has 0 radical (unpaired) electrons. The maximum absolute atomic E-state index is 13.5. The fourth-order valence-corrected chi connectivity index (χ4v) is 3.82. The van der Waals surface area contributed by atoms with Gasteiger partial charge in [-0.1, -0.05) is 36.4 Å². The van der Waals surface area contributed by atoms with E-state index in [0.717, 1.165) is 33.8 Å². The average molecular weight is 386 g/mol. The molecule has 1 aliphatic heterocycles. The molecule has 4 rings (SSSR count). The van der Waals surface area contributed by atoms with E-state index < -0.39 is 6.04 Å². The van der Waals surface area contributed by atoms with Gasteiger partial charge in [0.1, 0.15) is 0 Å². The lowest BCUT2D eigenvalue weighted by molar-refractivity contribution is -0.695. The third kappa shape index (κ3) is 3.40. The summed E-state index contributed by atoms with van der Waals surface area (Å²) in [7, 11) is 0. The monoisotopic (exact) mass is 386 g/mol. The van der Waals surface area contributed by atoms with Crippen molar-refractivity contribution >= 4 is 23.2 Å². The Balaban J connectivity index is 1.83. The zero-order chi connectivity index (χ0) is 20.5. The molecule has 1 aromatic heterocycles. The minimum absolute atomic E-state index is 0.104. The van der Waals surface area contributed by atoms with Crippen LogP contribution in [0.2, 0.25) is 0 Å². The molecule has 2 aromatic carbocycles. The van der Waals surface area contributed by atoms with Gasteiger partial charge in [-0.15, -0.1) is 0 Å². The summed E-state index contributed by atoms with van der Waals surface area (Å²) in [5, 5.41) is 3.03. The molecule has 0 bridgehead atoms. The van der Waals surface area contributed by atoms with E-state index >= 15 is 0 Å². The van der Waals surface area contributed by atoms with Crippen molar-refractivity contribution in [2.24, 2.45) is 0 Å². The Labute approximate surface area is 170 Å². The summed E-state index contributed by atoms with van der Waals surface area (Å²) >= 11 is 0. The first kappa shape index (κ1) is 18.9. The van der Waals surface area contributed by atoms with Crippen LogP contribution >= 0.6 is 0 Å². The second-order valence-corrected chi connectivity index (χ2v) is 7.44. The zero-order valence-corrected chi connectivity index (χ0v) is 16.8. The van der Waals surface area contributed by atoms with Gasteiger partial charge in [0, 0.05) is 23.5 Å². The molecule has 2 heterocycles. The van der Waals surface area contributed by atoms with Gasteiger partial charge in [0.15, 0.2) is 6.20 Å². The van der Waals surface area contributed by atoms with E-state index in [1.165, 1.54) is 0 Å². The van der Waals surface area contributed by atoms with Crippen LogP contribution in [-0.2, 0) is 16.1 Å². The van der Waals surface area contributed by atoms with Crippen LogP contribution in [0.5, 0.6) is 0 Å². The predicted molar refractivity (Wildman–Crippen MR) is 113 cm³/mol. The van der Waals surface area contributed by atoms with Crippen molar-refractivity contribution in [3.63, 3.8) is 0 Å². The Morgan fingerprint density at radius 3 is 2.48 bits per heavy atom. The molecule has 146 valence electrons. The number of nitrogens with zero attached hydrogens (tertiary/aromatic N) is 2. The molecular weight excluding hydrogens is 362 g/mol. The summed E-state index contributed by atoms with van der Waals surface area (Å²) in [6.07, 6.45) is 1.85. The van der Waals surface area contributed by atoms with Gasteiger partial charge in [-0.25, -0.2) is 0 Å². The smallest absolute Gasteiger partial charge is 0.294 e. The number of aryl methyl sites for hydroxylation is 2. The van der Waals surface area contributed by atoms with Crippen LogP contribution < -0.4 is 14.8 Å². The molecular formula is C24H24N3O2+. The number of anilines is 2. The van der Waals surface area contributed by atoms with E-state index in [0.29, 0.717) is 0 Å². The minimum atomic E-state index is -0.752. The topological polar surface area (TPSA) is 53.3 Å². The van der Waals surface area contributed by atoms with E-state index in [4.69, 9.17) is 0 Å². The first-order valence-electron chi connectivity index (χ1n) is 9.70. The Morgan fingerprint density at radius 2 is 1.69 bits per heavy atom. The first-order chi connectivity index (χ1) is 14.0. The van der Waals surface area contributed by atoms with Crippen LogP contribution in [-0.4, -0.2) is 11.8 Å². The molecule has 3 aromatic rings. The highest BCUT2D eigenvalue weighted by Gasteiger charge is 2.44. The molecule has 0 fully saturated rings. The van der Waals surface area contributed by atoms with Crippen molar-refractivity contribution in [1.29, 1.82) is 0 Å². The molecule has 0 saturated heterocycles. The molecule has 1 atom stereocenters. The largest absolute Gasteiger partial charge is 0.324 e. The lowest BCUT2D eigenvalue weighted by Crippen LogP contribution is -2.58. The highest BCUT2D eigenvalue weighted by Crippen LogP contribution is 2.33. The molecule has 2 amide bonds. The highest BCUT2D eigenvalue weighted by atomic mass is 16.2. The number of carbonyl (C=O) groups excluding carboxylic acids is 2. The Hall–Kier alpha value is -3.47. The van der Waals surface area contributed by atoms with Crippen LogP contribution in [0.3, 0.4) is 0 Å². The lowest BCUT2D eigenvalue weighted by atomic mass is 10.0. The molecule has 1 aliphatic rings. The van der Waals surface area contributed by atoms with Gasteiger partial charge in [-0.3, -0.25) is 14.5 Å². The van der Waals surface area contributed by atoms with Crippen molar-refractivity contribution in [3.05, 3.63) is 89.2 Å². The summed E-state index contributed by atoms with van der Waals surface area (Å²) < 4.78 is 1.85. The van der Waals surface area contributed by atoms with Crippen LogP contribution in [0.4, 0.5) is 11.4 Å². The van der Waals surface area contributed by atoms with Crippen molar-refractivity contribution in [2.45, 2.75) is 33.4 Å². The summed E-state index contributed by atoms with van der Waals surface area (Å²) in [5.74, 6) is -0.333. The SMILES string of the molecule is Cc1ccccc1NC(=O)C1c2cccc[n+]2CC(=O)N1c1cccc(C)c1C. The molecule has 1 N–H and O–H groups in total. The van der Waals surface area contributed by atoms with Gasteiger partial charge < -0.3 is 5.32 Å². The maximum Gasteiger partial charge on any atom is 0.294 e. The quantitative estimate of drug-likeness (QED) is 0.699. The van der Waals surface area contributed by atoms with Crippen molar-refractivity contribution < 1.29 is 14.2 Å². The summed E-state index contributed by atoms with van der Waals surface area (Å²) in [5.41, 5.74) is 5.37. The van der Waals surface area contributed by atoms with Gasteiger partial charge in [0.05, 0.1) is 0 Å². The highest BCUT2D eigenvalue weighted by molar-refractivity contribution is 6.06. The first-order valence-corrected chi connectivity index (χ1v) is 9.70. The Kier molecular flexibility index (Phi) is 4.89. The number of aromatic nitrogens is 1. The molecule has 5 nitrogen and oxygen atoms in total. The third-order valence-corrected chi connectivity index (χ3v) is 5.58. The average Bonchev–Trinajstić information content (AvgIpc) is 2.71. The maximum atomic E-state index is 13.5. The summed E-state index contributed by atoms with van der Waals surface area (Å²) in [6.45, 7) is 6.16. The summed E-state index contributed by atoms with van der Waals surface area (Å²) in [6, 6.07) is 18.4. The molecule has 0 saturated carbocycles. The van der Waals surface area contributed by atoms with Crippen LogP contribution in [0, 0.1) is 20.8 Å². The van der Waals surface area contributed by atoms with Crippen molar-refractivity contribution in [1.82, 2.24) is 0 Å². The zero-order valence-electron chi connectivity index (χ0n) is 16.8. The number of pyridine rings is 1. The van der Waals surface area contributed by atoms with E-state index in [2.05, 4.69) is 5.32 Å². The van der Waals surface area contributed by atoms with Crippen molar-refractivity contribution in [3.8, 4) is 0 Å². The third-order valence-electron chi connectivity index (χ3n) is 5.58. The fraction of sp³-hybridized carbons (Fsp3) is 0.208. The normalized spacial score (nSPS) is 15.8. The minimum Gasteiger partial charge on any atom is -0.324 e. The number of amides is 2. The van der Waals surface area contributed by atoms with Gasteiger partial charge >= 0.3 is 0 Å². The Bertz CT molecular complexity index is 1110.